The highest BCUT2D eigenvalue weighted by atomic mass is 16.2. The lowest BCUT2D eigenvalue weighted by molar-refractivity contribution is -0.143. The van der Waals surface area contributed by atoms with Crippen molar-refractivity contribution in [2.75, 3.05) is 19.4 Å². The molecule has 1 amide bonds. The summed E-state index contributed by atoms with van der Waals surface area (Å²) in [5.74, 6) is 0.762. The molecule has 1 aliphatic rings. The number of carbonyl (C=O) groups is 1. The summed E-state index contributed by atoms with van der Waals surface area (Å²) in [4.78, 5) is 26.3. The molecule has 4 aromatic heterocycles. The number of H-pyrrole nitrogens is 1. The maximum Gasteiger partial charge on any atom is 0.228 e. The highest BCUT2D eigenvalue weighted by Crippen LogP contribution is 2.43. The van der Waals surface area contributed by atoms with E-state index < -0.39 is 0 Å². The quantitative estimate of drug-likeness (QED) is 0.560. The summed E-state index contributed by atoms with van der Waals surface area (Å²) >= 11 is 0. The Morgan fingerprint density at radius 2 is 2.17 bits per heavy atom. The number of nitrogens with one attached hydrogen (secondary N) is 2. The lowest BCUT2D eigenvalue weighted by Crippen LogP contribution is -2.52. The summed E-state index contributed by atoms with van der Waals surface area (Å²) < 4.78 is 1.84. The Morgan fingerprint density at radius 3 is 2.97 bits per heavy atom. The number of rotatable bonds is 4. The van der Waals surface area contributed by atoms with Gasteiger partial charge in [0.05, 0.1) is 10.9 Å². The molecular formula is C21H23N7O. The normalized spacial score (nSPS) is 21.3. The van der Waals surface area contributed by atoms with Crippen LogP contribution in [0.25, 0.3) is 27.7 Å². The van der Waals surface area contributed by atoms with E-state index in [1.165, 1.54) is 0 Å². The Labute approximate surface area is 168 Å². The minimum absolute atomic E-state index is 0.177. The van der Waals surface area contributed by atoms with Crippen LogP contribution in [0.1, 0.15) is 19.8 Å². The van der Waals surface area contributed by atoms with Gasteiger partial charge in [0.15, 0.2) is 0 Å². The van der Waals surface area contributed by atoms with Crippen LogP contribution in [-0.4, -0.2) is 55.5 Å². The van der Waals surface area contributed by atoms with Gasteiger partial charge >= 0.3 is 0 Å². The average Bonchev–Trinajstić information content (AvgIpc) is 3.31. The van der Waals surface area contributed by atoms with Gasteiger partial charge in [-0.2, -0.15) is 10.1 Å². The van der Waals surface area contributed by atoms with Gasteiger partial charge in [-0.1, -0.05) is 6.92 Å². The highest BCUT2D eigenvalue weighted by Gasteiger charge is 2.47. The Balaban J connectivity index is 1.35. The number of fused-ring (bicyclic) bond motifs is 2. The van der Waals surface area contributed by atoms with Gasteiger partial charge in [-0.05, 0) is 36.6 Å². The number of carbonyl (C=O) groups excluding carboxylic acids is 1. The fraction of sp³-hybridized carbons (Fsp3) is 0.333. The molecule has 0 aromatic carbocycles. The minimum Gasteiger partial charge on any atom is -0.351 e. The van der Waals surface area contributed by atoms with E-state index in [-0.39, 0.29) is 17.4 Å². The summed E-state index contributed by atoms with van der Waals surface area (Å²) in [5.41, 5.74) is 3.68. The van der Waals surface area contributed by atoms with Gasteiger partial charge in [-0.25, -0.2) is 9.50 Å². The molecule has 2 N–H and O–H groups in total. The first-order valence-corrected chi connectivity index (χ1v) is 9.69. The van der Waals surface area contributed by atoms with Crippen molar-refractivity contribution in [1.82, 2.24) is 29.5 Å². The predicted molar refractivity (Wildman–Crippen MR) is 112 cm³/mol. The third kappa shape index (κ3) is 2.91. The fourth-order valence-corrected chi connectivity index (χ4v) is 4.33. The number of aromatic amines is 1. The first kappa shape index (κ1) is 17.7. The maximum atomic E-state index is 12.3. The van der Waals surface area contributed by atoms with Crippen LogP contribution in [0.4, 0.5) is 5.95 Å². The van der Waals surface area contributed by atoms with Gasteiger partial charge in [-0.15, -0.1) is 0 Å². The first-order chi connectivity index (χ1) is 13.9. The Bertz CT molecular complexity index is 1220. The van der Waals surface area contributed by atoms with Crippen molar-refractivity contribution in [3.05, 3.63) is 43.0 Å². The molecule has 0 aliphatic heterocycles. The number of aromatic nitrogens is 5. The molecule has 8 heteroatoms. The largest absolute Gasteiger partial charge is 0.351 e. The second kappa shape index (κ2) is 6.30. The minimum atomic E-state index is -0.294. The maximum absolute atomic E-state index is 12.3. The van der Waals surface area contributed by atoms with Crippen molar-refractivity contribution in [3.63, 3.8) is 0 Å². The molecule has 0 spiro atoms. The number of anilines is 1. The summed E-state index contributed by atoms with van der Waals surface area (Å²) in [6, 6.07) is 6.31. The Hall–Kier alpha value is -3.42. The fourth-order valence-electron chi connectivity index (χ4n) is 4.33. The second-order valence-electron chi connectivity index (χ2n) is 8.28. The van der Waals surface area contributed by atoms with Crippen molar-refractivity contribution >= 4 is 28.4 Å². The summed E-state index contributed by atoms with van der Waals surface area (Å²) in [7, 11) is 3.61. The number of pyridine rings is 1. The molecule has 1 fully saturated rings. The molecule has 1 saturated carbocycles. The third-order valence-electron chi connectivity index (χ3n) is 5.79. The number of hydrogen-bond donors (Lipinski definition) is 2. The van der Waals surface area contributed by atoms with Gasteiger partial charge in [0.2, 0.25) is 11.9 Å². The zero-order valence-electron chi connectivity index (χ0n) is 16.7. The Morgan fingerprint density at radius 1 is 1.34 bits per heavy atom. The van der Waals surface area contributed by atoms with Gasteiger partial charge in [0.1, 0.15) is 5.65 Å². The highest BCUT2D eigenvalue weighted by molar-refractivity contribution is 5.94. The molecule has 4 aromatic rings. The molecule has 8 nitrogen and oxygen atoms in total. The molecule has 29 heavy (non-hydrogen) atoms. The molecule has 0 atom stereocenters. The van der Waals surface area contributed by atoms with Gasteiger partial charge in [0, 0.05) is 55.9 Å². The van der Waals surface area contributed by atoms with Crippen molar-refractivity contribution in [2.45, 2.75) is 25.8 Å². The number of nitrogens with zero attached hydrogens (tertiary/aromatic N) is 5. The van der Waals surface area contributed by atoms with E-state index in [9.17, 15) is 4.79 Å². The summed E-state index contributed by atoms with van der Waals surface area (Å²) in [6.45, 7) is 2.02. The van der Waals surface area contributed by atoms with Crippen molar-refractivity contribution in [2.24, 2.45) is 5.41 Å². The van der Waals surface area contributed by atoms with Crippen LogP contribution in [0, 0.1) is 5.41 Å². The molecule has 5 rings (SSSR count). The molecule has 4 heterocycles. The molecule has 1 aliphatic carbocycles. The van der Waals surface area contributed by atoms with Crippen LogP contribution < -0.4 is 5.32 Å². The molecule has 0 bridgehead atoms. The van der Waals surface area contributed by atoms with Crippen LogP contribution in [0.5, 0.6) is 0 Å². The summed E-state index contributed by atoms with van der Waals surface area (Å²) in [5, 5.41) is 8.58. The molecule has 0 radical (unpaired) electrons. The Kier molecular flexibility index (Phi) is 3.84. The predicted octanol–water partition coefficient (Wildman–Crippen LogP) is 2.94. The van der Waals surface area contributed by atoms with E-state index in [0.717, 1.165) is 40.5 Å². The monoisotopic (exact) mass is 389 g/mol. The van der Waals surface area contributed by atoms with Crippen molar-refractivity contribution < 1.29 is 4.79 Å². The van der Waals surface area contributed by atoms with Gasteiger partial charge in [-0.3, -0.25) is 4.79 Å². The van der Waals surface area contributed by atoms with E-state index in [1.807, 2.05) is 42.2 Å². The van der Waals surface area contributed by atoms with Crippen LogP contribution in [0.3, 0.4) is 0 Å². The first-order valence-electron chi connectivity index (χ1n) is 9.69. The van der Waals surface area contributed by atoms with Crippen LogP contribution in [-0.2, 0) is 4.79 Å². The third-order valence-corrected chi connectivity index (χ3v) is 5.79. The second-order valence-corrected chi connectivity index (χ2v) is 8.28. The standard InChI is InChI=1S/C21H23N7O/c1-21(19(29)27(2)3)9-14(10-21)25-20-23-12-17-16(11-22-18(17)26-20)13-5-7-28-15(8-13)4-6-24-28/h4-8,11-12,14H,9-10H2,1-3H3,(H2,22,23,25,26)/t14-,21+. The SMILES string of the molecule is CN(C)C(=O)[C@]1(C)C[C@H](Nc2ncc3c(-c4ccn5nccc5c4)c[nH]c3n2)C1. The molecule has 0 saturated heterocycles. The zero-order valence-corrected chi connectivity index (χ0v) is 16.7. The van der Waals surface area contributed by atoms with E-state index in [2.05, 4.69) is 31.4 Å². The summed E-state index contributed by atoms with van der Waals surface area (Å²) in [6.07, 6.45) is 9.11. The number of hydrogen-bond acceptors (Lipinski definition) is 5. The van der Waals surface area contributed by atoms with Crippen LogP contribution in [0.2, 0.25) is 0 Å². The molecule has 0 unspecified atom stereocenters. The zero-order chi connectivity index (χ0) is 20.2. The van der Waals surface area contributed by atoms with E-state index in [4.69, 9.17) is 0 Å². The van der Waals surface area contributed by atoms with Crippen molar-refractivity contribution in [1.29, 1.82) is 0 Å². The van der Waals surface area contributed by atoms with E-state index in [1.54, 1.807) is 25.2 Å². The van der Waals surface area contributed by atoms with E-state index >= 15 is 0 Å². The van der Waals surface area contributed by atoms with Gasteiger partial charge in [0.25, 0.3) is 0 Å². The molecule has 148 valence electrons. The smallest absolute Gasteiger partial charge is 0.228 e. The molecular weight excluding hydrogens is 366 g/mol. The van der Waals surface area contributed by atoms with E-state index in [0.29, 0.717) is 5.95 Å². The van der Waals surface area contributed by atoms with Crippen molar-refractivity contribution in [3.8, 4) is 11.1 Å². The topological polar surface area (TPSA) is 91.2 Å². The number of amides is 1. The lowest BCUT2D eigenvalue weighted by atomic mass is 9.66. The average molecular weight is 389 g/mol. The van der Waals surface area contributed by atoms with Gasteiger partial charge < -0.3 is 15.2 Å². The van der Waals surface area contributed by atoms with Crippen LogP contribution >= 0.6 is 0 Å². The lowest BCUT2D eigenvalue weighted by Gasteiger charge is -2.45. The van der Waals surface area contributed by atoms with Crippen LogP contribution in [0.15, 0.2) is 43.0 Å².